The number of nitrogens with two attached hydrogens (primary N) is 1. The molecule has 0 aromatic heterocycles. The summed E-state index contributed by atoms with van der Waals surface area (Å²) in [6, 6.07) is 5.85. The summed E-state index contributed by atoms with van der Waals surface area (Å²) in [7, 11) is 1.65. The third kappa shape index (κ3) is 2.60. The van der Waals surface area contributed by atoms with E-state index in [1.165, 1.54) is 25.7 Å². The van der Waals surface area contributed by atoms with E-state index in [0.717, 1.165) is 23.9 Å². The molecule has 16 heavy (non-hydrogen) atoms. The average molecular weight is 220 g/mol. The number of rotatable bonds is 4. The van der Waals surface area contributed by atoms with E-state index in [0.29, 0.717) is 5.69 Å². The maximum absolute atomic E-state index is 5.77. The Hall–Kier alpha value is -1.38. The molecule has 0 unspecified atom stereocenters. The molecule has 3 nitrogen and oxygen atoms in total. The van der Waals surface area contributed by atoms with Crippen LogP contribution in [0.3, 0.4) is 0 Å². The Labute approximate surface area is 97.0 Å². The second kappa shape index (κ2) is 5.10. The lowest BCUT2D eigenvalue weighted by molar-refractivity contribution is 0.417. The highest BCUT2D eigenvalue weighted by Crippen LogP contribution is 2.27. The normalized spacial score (nSPS) is 16.3. The molecule has 1 fully saturated rings. The molecule has 0 spiro atoms. The van der Waals surface area contributed by atoms with Crippen molar-refractivity contribution in [2.24, 2.45) is 5.92 Å². The lowest BCUT2D eigenvalue weighted by Crippen LogP contribution is -2.11. The van der Waals surface area contributed by atoms with Crippen LogP contribution in [0.1, 0.15) is 25.7 Å². The Balaban J connectivity index is 1.93. The number of anilines is 2. The Kier molecular flexibility index (Phi) is 3.54. The van der Waals surface area contributed by atoms with Gasteiger partial charge in [-0.15, -0.1) is 0 Å². The maximum atomic E-state index is 5.77. The SMILES string of the molecule is COc1cc(NCC2CCCC2)ccc1N. The molecular formula is C13H20N2O. The van der Waals surface area contributed by atoms with Crippen molar-refractivity contribution in [3.05, 3.63) is 18.2 Å². The van der Waals surface area contributed by atoms with Gasteiger partial charge in [0.05, 0.1) is 12.8 Å². The standard InChI is InChI=1S/C13H20N2O/c1-16-13-8-11(6-7-12(13)14)15-9-10-4-2-3-5-10/h6-8,10,15H,2-5,9,14H2,1H3. The highest BCUT2D eigenvalue weighted by atomic mass is 16.5. The monoisotopic (exact) mass is 220 g/mol. The van der Waals surface area contributed by atoms with Gasteiger partial charge in [0, 0.05) is 18.3 Å². The van der Waals surface area contributed by atoms with Crippen LogP contribution < -0.4 is 15.8 Å². The fourth-order valence-electron chi connectivity index (χ4n) is 2.30. The molecule has 3 N–H and O–H groups in total. The first-order valence-corrected chi connectivity index (χ1v) is 5.97. The first-order chi connectivity index (χ1) is 7.79. The number of ether oxygens (including phenoxy) is 1. The number of nitrogen functional groups attached to an aromatic ring is 1. The van der Waals surface area contributed by atoms with Crippen LogP contribution in [0.5, 0.6) is 5.75 Å². The molecule has 1 aromatic carbocycles. The van der Waals surface area contributed by atoms with Gasteiger partial charge in [0.25, 0.3) is 0 Å². The number of methoxy groups -OCH3 is 1. The van der Waals surface area contributed by atoms with Crippen LogP contribution in [-0.2, 0) is 0 Å². The quantitative estimate of drug-likeness (QED) is 0.767. The van der Waals surface area contributed by atoms with Crippen molar-refractivity contribution in [2.75, 3.05) is 24.7 Å². The van der Waals surface area contributed by atoms with Gasteiger partial charge < -0.3 is 15.8 Å². The van der Waals surface area contributed by atoms with E-state index in [1.807, 2.05) is 18.2 Å². The van der Waals surface area contributed by atoms with Crippen molar-refractivity contribution in [3.63, 3.8) is 0 Å². The van der Waals surface area contributed by atoms with Crippen LogP contribution in [0.25, 0.3) is 0 Å². The first-order valence-electron chi connectivity index (χ1n) is 5.97. The largest absolute Gasteiger partial charge is 0.495 e. The molecule has 1 aliphatic rings. The second-order valence-corrected chi connectivity index (χ2v) is 4.49. The predicted molar refractivity (Wildman–Crippen MR) is 67.9 cm³/mol. The summed E-state index contributed by atoms with van der Waals surface area (Å²) >= 11 is 0. The summed E-state index contributed by atoms with van der Waals surface area (Å²) in [4.78, 5) is 0. The highest BCUT2D eigenvalue weighted by Gasteiger charge is 2.14. The van der Waals surface area contributed by atoms with Crippen LogP contribution in [0.4, 0.5) is 11.4 Å². The number of hydrogen-bond acceptors (Lipinski definition) is 3. The molecule has 1 aromatic rings. The van der Waals surface area contributed by atoms with E-state index in [1.54, 1.807) is 7.11 Å². The summed E-state index contributed by atoms with van der Waals surface area (Å²) in [5, 5.41) is 3.45. The van der Waals surface area contributed by atoms with E-state index < -0.39 is 0 Å². The van der Waals surface area contributed by atoms with Crippen molar-refractivity contribution in [1.29, 1.82) is 0 Å². The fourth-order valence-corrected chi connectivity index (χ4v) is 2.30. The van der Waals surface area contributed by atoms with Crippen molar-refractivity contribution in [1.82, 2.24) is 0 Å². The molecule has 0 bridgehead atoms. The van der Waals surface area contributed by atoms with E-state index in [-0.39, 0.29) is 0 Å². The van der Waals surface area contributed by atoms with Gasteiger partial charge in [0.15, 0.2) is 0 Å². The molecule has 2 rings (SSSR count). The Morgan fingerprint density at radius 1 is 1.38 bits per heavy atom. The zero-order valence-electron chi connectivity index (χ0n) is 9.83. The average Bonchev–Trinajstić information content (AvgIpc) is 2.81. The molecule has 3 heteroatoms. The second-order valence-electron chi connectivity index (χ2n) is 4.49. The van der Waals surface area contributed by atoms with Gasteiger partial charge in [0.2, 0.25) is 0 Å². The minimum atomic E-state index is 0.689. The lowest BCUT2D eigenvalue weighted by Gasteiger charge is -2.13. The van der Waals surface area contributed by atoms with Gasteiger partial charge >= 0.3 is 0 Å². The summed E-state index contributed by atoms with van der Waals surface area (Å²) in [5.74, 6) is 1.58. The molecule has 88 valence electrons. The Morgan fingerprint density at radius 2 is 2.12 bits per heavy atom. The first kappa shape index (κ1) is 11.1. The summed E-state index contributed by atoms with van der Waals surface area (Å²) < 4.78 is 5.19. The van der Waals surface area contributed by atoms with Gasteiger partial charge in [-0.3, -0.25) is 0 Å². The van der Waals surface area contributed by atoms with E-state index in [4.69, 9.17) is 10.5 Å². The van der Waals surface area contributed by atoms with Crippen molar-refractivity contribution in [3.8, 4) is 5.75 Å². The number of benzene rings is 1. The topological polar surface area (TPSA) is 47.3 Å². The molecule has 0 atom stereocenters. The van der Waals surface area contributed by atoms with Crippen molar-refractivity contribution >= 4 is 11.4 Å². The van der Waals surface area contributed by atoms with Gasteiger partial charge in [0.1, 0.15) is 5.75 Å². The van der Waals surface area contributed by atoms with Crippen LogP contribution in [0.2, 0.25) is 0 Å². The van der Waals surface area contributed by atoms with Gasteiger partial charge in [-0.2, -0.15) is 0 Å². The molecule has 0 aliphatic heterocycles. The van der Waals surface area contributed by atoms with Gasteiger partial charge in [-0.25, -0.2) is 0 Å². The smallest absolute Gasteiger partial charge is 0.143 e. The van der Waals surface area contributed by atoms with Gasteiger partial charge in [-0.05, 0) is 30.9 Å². The zero-order chi connectivity index (χ0) is 11.4. The minimum absolute atomic E-state index is 0.689. The van der Waals surface area contributed by atoms with Crippen LogP contribution in [0.15, 0.2) is 18.2 Å². The summed E-state index contributed by atoms with van der Waals surface area (Å²) in [6.07, 6.45) is 5.49. The highest BCUT2D eigenvalue weighted by molar-refractivity contribution is 5.61. The third-order valence-electron chi connectivity index (χ3n) is 3.30. The van der Waals surface area contributed by atoms with Crippen LogP contribution in [-0.4, -0.2) is 13.7 Å². The van der Waals surface area contributed by atoms with E-state index >= 15 is 0 Å². The molecule has 0 radical (unpaired) electrons. The Bertz CT molecular complexity index is 346. The lowest BCUT2D eigenvalue weighted by atomic mass is 10.1. The van der Waals surface area contributed by atoms with Crippen LogP contribution >= 0.6 is 0 Å². The number of nitrogens with one attached hydrogen (secondary N) is 1. The summed E-state index contributed by atoms with van der Waals surface area (Å²) in [6.45, 7) is 1.06. The minimum Gasteiger partial charge on any atom is -0.495 e. The molecule has 0 saturated heterocycles. The predicted octanol–water partition coefficient (Wildman–Crippen LogP) is 2.88. The molecule has 1 aliphatic carbocycles. The Morgan fingerprint density at radius 3 is 2.81 bits per heavy atom. The van der Waals surface area contributed by atoms with Gasteiger partial charge in [-0.1, -0.05) is 12.8 Å². The fraction of sp³-hybridized carbons (Fsp3) is 0.538. The van der Waals surface area contributed by atoms with Crippen LogP contribution in [0, 0.1) is 5.92 Å². The summed E-state index contributed by atoms with van der Waals surface area (Å²) in [5.41, 5.74) is 7.55. The third-order valence-corrected chi connectivity index (χ3v) is 3.30. The van der Waals surface area contributed by atoms with E-state index in [2.05, 4.69) is 5.32 Å². The molecular weight excluding hydrogens is 200 g/mol. The maximum Gasteiger partial charge on any atom is 0.143 e. The van der Waals surface area contributed by atoms with Crippen molar-refractivity contribution < 1.29 is 4.74 Å². The molecule has 0 amide bonds. The molecule has 1 saturated carbocycles. The molecule has 0 heterocycles. The van der Waals surface area contributed by atoms with E-state index in [9.17, 15) is 0 Å². The number of hydrogen-bond donors (Lipinski definition) is 2. The zero-order valence-corrected chi connectivity index (χ0v) is 9.83. The van der Waals surface area contributed by atoms with Crippen molar-refractivity contribution in [2.45, 2.75) is 25.7 Å².